The van der Waals surface area contributed by atoms with E-state index in [0.29, 0.717) is 10.8 Å². The number of thioether (sulfide) groups is 1. The van der Waals surface area contributed by atoms with Crippen LogP contribution in [0.25, 0.3) is 17.1 Å². The number of methoxy groups -OCH3 is 1. The van der Waals surface area contributed by atoms with E-state index in [1.54, 1.807) is 18.9 Å². The monoisotopic (exact) mass is 423 g/mol. The van der Waals surface area contributed by atoms with Gasteiger partial charge in [0.1, 0.15) is 5.75 Å². The van der Waals surface area contributed by atoms with E-state index in [2.05, 4.69) is 33.1 Å². The van der Waals surface area contributed by atoms with E-state index >= 15 is 0 Å². The lowest BCUT2D eigenvalue weighted by Gasteiger charge is -2.12. The molecular weight excluding hydrogens is 410 g/mol. The van der Waals surface area contributed by atoms with Crippen molar-refractivity contribution in [2.75, 3.05) is 12.9 Å². The molecule has 0 saturated heterocycles. The smallest absolute Gasteiger partial charge is 0.196 e. The van der Waals surface area contributed by atoms with E-state index in [1.165, 1.54) is 0 Å². The molecule has 0 aliphatic rings. The quantitative estimate of drug-likeness (QED) is 0.509. The van der Waals surface area contributed by atoms with Crippen LogP contribution in [-0.4, -0.2) is 27.6 Å². The Hall–Kier alpha value is -1.50. The van der Waals surface area contributed by atoms with E-state index in [0.717, 1.165) is 32.5 Å². The number of nitrogens with zero attached hydrogens (tertiary/aromatic N) is 3. The molecule has 24 heavy (non-hydrogen) atoms. The van der Waals surface area contributed by atoms with Crippen LogP contribution in [0.5, 0.6) is 5.75 Å². The molecule has 0 bridgehead atoms. The lowest BCUT2D eigenvalue weighted by Crippen LogP contribution is -2.00. The summed E-state index contributed by atoms with van der Waals surface area (Å²) in [6.45, 7) is 2.09. The summed E-state index contributed by atoms with van der Waals surface area (Å²) >= 11 is 11.4. The average molecular weight is 425 g/mol. The van der Waals surface area contributed by atoms with Gasteiger partial charge in [0.2, 0.25) is 0 Å². The van der Waals surface area contributed by atoms with Crippen LogP contribution in [0.3, 0.4) is 0 Å². The van der Waals surface area contributed by atoms with Gasteiger partial charge in [-0.1, -0.05) is 58.3 Å². The molecule has 0 aliphatic carbocycles. The molecule has 124 valence electrons. The van der Waals surface area contributed by atoms with Gasteiger partial charge in [0.25, 0.3) is 0 Å². The molecule has 0 spiro atoms. The number of hydrogen-bond acceptors (Lipinski definition) is 4. The number of ether oxygens (including phenoxy) is 1. The normalized spacial score (nSPS) is 10.8. The van der Waals surface area contributed by atoms with Crippen LogP contribution in [0.4, 0.5) is 0 Å². The summed E-state index contributed by atoms with van der Waals surface area (Å²) < 4.78 is 8.28. The molecule has 0 N–H and O–H groups in total. The van der Waals surface area contributed by atoms with Gasteiger partial charge in [-0.2, -0.15) is 0 Å². The SMILES string of the molecule is CCSc1nnc(-c2ccc(Br)cc2)n1-c1ccc(OC)c(Cl)c1. The molecule has 0 atom stereocenters. The first kappa shape index (κ1) is 17.3. The van der Waals surface area contributed by atoms with Crippen molar-refractivity contribution in [1.29, 1.82) is 0 Å². The van der Waals surface area contributed by atoms with Crippen LogP contribution in [0.15, 0.2) is 52.1 Å². The first-order valence-electron chi connectivity index (χ1n) is 7.32. The minimum atomic E-state index is 0.554. The number of halogens is 2. The van der Waals surface area contributed by atoms with Crippen molar-refractivity contribution in [2.24, 2.45) is 0 Å². The maximum Gasteiger partial charge on any atom is 0.196 e. The molecule has 0 unspecified atom stereocenters. The molecule has 7 heteroatoms. The van der Waals surface area contributed by atoms with Gasteiger partial charge in [0.15, 0.2) is 11.0 Å². The van der Waals surface area contributed by atoms with Gasteiger partial charge in [-0.05, 0) is 36.1 Å². The van der Waals surface area contributed by atoms with E-state index in [9.17, 15) is 0 Å². The standard InChI is InChI=1S/C17H15BrClN3OS/c1-3-24-17-21-20-16(11-4-6-12(18)7-5-11)22(17)13-8-9-15(23-2)14(19)10-13/h4-10H,3H2,1-2H3. The average Bonchev–Trinajstić information content (AvgIpc) is 2.99. The summed E-state index contributed by atoms with van der Waals surface area (Å²) in [5.74, 6) is 2.32. The fourth-order valence-corrected chi connectivity index (χ4v) is 3.50. The van der Waals surface area contributed by atoms with E-state index in [4.69, 9.17) is 16.3 Å². The second kappa shape index (κ2) is 7.59. The molecule has 0 radical (unpaired) electrons. The Balaban J connectivity index is 2.15. The highest BCUT2D eigenvalue weighted by Gasteiger charge is 2.16. The summed E-state index contributed by atoms with van der Waals surface area (Å²) in [6, 6.07) is 13.7. The Morgan fingerprint density at radius 1 is 1.17 bits per heavy atom. The zero-order valence-electron chi connectivity index (χ0n) is 13.2. The number of hydrogen-bond donors (Lipinski definition) is 0. The third kappa shape index (κ3) is 3.45. The van der Waals surface area contributed by atoms with Crippen LogP contribution in [-0.2, 0) is 0 Å². The molecule has 3 aromatic rings. The highest BCUT2D eigenvalue weighted by Crippen LogP contribution is 2.32. The minimum Gasteiger partial charge on any atom is -0.495 e. The first-order valence-corrected chi connectivity index (χ1v) is 9.47. The van der Waals surface area contributed by atoms with Crippen molar-refractivity contribution in [3.8, 4) is 22.8 Å². The number of aromatic nitrogens is 3. The Kier molecular flexibility index (Phi) is 5.48. The lowest BCUT2D eigenvalue weighted by molar-refractivity contribution is 0.415. The van der Waals surface area contributed by atoms with Crippen molar-refractivity contribution in [2.45, 2.75) is 12.1 Å². The third-order valence-corrected chi connectivity index (χ3v) is 5.04. The second-order valence-corrected chi connectivity index (χ2v) is 7.45. The van der Waals surface area contributed by atoms with E-state index in [1.807, 2.05) is 47.0 Å². The van der Waals surface area contributed by atoms with Gasteiger partial charge in [-0.25, -0.2) is 0 Å². The van der Waals surface area contributed by atoms with Crippen molar-refractivity contribution >= 4 is 39.3 Å². The lowest BCUT2D eigenvalue weighted by atomic mass is 10.2. The molecule has 4 nitrogen and oxygen atoms in total. The Labute approximate surface area is 158 Å². The molecular formula is C17H15BrClN3OS. The van der Waals surface area contributed by atoms with E-state index < -0.39 is 0 Å². The van der Waals surface area contributed by atoms with Gasteiger partial charge < -0.3 is 4.74 Å². The topological polar surface area (TPSA) is 39.9 Å². The fraction of sp³-hybridized carbons (Fsp3) is 0.176. The van der Waals surface area contributed by atoms with Crippen molar-refractivity contribution in [3.05, 3.63) is 52.0 Å². The maximum atomic E-state index is 6.30. The van der Waals surface area contributed by atoms with E-state index in [-0.39, 0.29) is 0 Å². The molecule has 0 fully saturated rings. The molecule has 2 aromatic carbocycles. The zero-order chi connectivity index (χ0) is 17.1. The molecule has 1 aromatic heterocycles. The Morgan fingerprint density at radius 3 is 2.54 bits per heavy atom. The largest absolute Gasteiger partial charge is 0.495 e. The van der Waals surface area contributed by atoms with Crippen LogP contribution in [0.1, 0.15) is 6.92 Å². The zero-order valence-corrected chi connectivity index (χ0v) is 16.3. The number of rotatable bonds is 5. The van der Waals surface area contributed by atoms with Crippen LogP contribution in [0.2, 0.25) is 5.02 Å². The summed E-state index contributed by atoms with van der Waals surface area (Å²) in [7, 11) is 1.60. The van der Waals surface area contributed by atoms with Crippen molar-refractivity contribution in [1.82, 2.24) is 14.8 Å². The second-order valence-electron chi connectivity index (χ2n) is 4.90. The van der Waals surface area contributed by atoms with Gasteiger partial charge >= 0.3 is 0 Å². The first-order chi connectivity index (χ1) is 11.6. The van der Waals surface area contributed by atoms with Crippen molar-refractivity contribution in [3.63, 3.8) is 0 Å². The van der Waals surface area contributed by atoms with Gasteiger partial charge in [0, 0.05) is 10.0 Å². The van der Waals surface area contributed by atoms with Crippen LogP contribution < -0.4 is 4.74 Å². The van der Waals surface area contributed by atoms with Gasteiger partial charge in [0.05, 0.1) is 17.8 Å². The molecule has 0 aliphatic heterocycles. The Bertz CT molecular complexity index is 852. The highest BCUT2D eigenvalue weighted by molar-refractivity contribution is 9.10. The van der Waals surface area contributed by atoms with Crippen molar-refractivity contribution < 1.29 is 4.74 Å². The van der Waals surface area contributed by atoms with Gasteiger partial charge in [-0.3, -0.25) is 4.57 Å². The summed E-state index contributed by atoms with van der Waals surface area (Å²) in [5, 5.41) is 10.1. The molecule has 1 heterocycles. The fourth-order valence-electron chi connectivity index (χ4n) is 2.31. The van der Waals surface area contributed by atoms with Gasteiger partial charge in [-0.15, -0.1) is 10.2 Å². The summed E-state index contributed by atoms with van der Waals surface area (Å²) in [4.78, 5) is 0. The van der Waals surface area contributed by atoms with Crippen LogP contribution in [0, 0.1) is 0 Å². The predicted octanol–water partition coefficient (Wildman–Crippen LogP) is 5.47. The summed E-state index contributed by atoms with van der Waals surface area (Å²) in [6.07, 6.45) is 0. The third-order valence-electron chi connectivity index (χ3n) is 3.40. The maximum absolute atomic E-state index is 6.30. The molecule has 3 rings (SSSR count). The molecule has 0 saturated carbocycles. The minimum absolute atomic E-state index is 0.554. The Morgan fingerprint density at radius 2 is 1.92 bits per heavy atom. The highest BCUT2D eigenvalue weighted by atomic mass is 79.9. The number of benzene rings is 2. The van der Waals surface area contributed by atoms with Crippen LogP contribution >= 0.6 is 39.3 Å². The summed E-state index contributed by atoms with van der Waals surface area (Å²) in [5.41, 5.74) is 1.89. The predicted molar refractivity (Wildman–Crippen MR) is 102 cm³/mol. The molecule has 0 amide bonds.